The monoisotopic (exact) mass is 252 g/mol. The molecule has 3 heteroatoms. The lowest BCUT2D eigenvalue weighted by molar-refractivity contribution is 0.416. The van der Waals surface area contributed by atoms with Crippen LogP contribution in [0.25, 0.3) is 10.8 Å². The van der Waals surface area contributed by atoms with Crippen molar-refractivity contribution in [2.75, 3.05) is 7.11 Å². The Kier molecular flexibility index (Phi) is 2.33. The highest BCUT2D eigenvalue weighted by Crippen LogP contribution is 2.36. The van der Waals surface area contributed by atoms with Crippen LogP contribution in [0.4, 0.5) is 0 Å². The van der Waals surface area contributed by atoms with Gasteiger partial charge < -0.3 is 9.84 Å². The van der Waals surface area contributed by atoms with Crippen LogP contribution in [0.2, 0.25) is 0 Å². The molecule has 0 aliphatic carbocycles. The lowest BCUT2D eigenvalue weighted by atomic mass is 10.1. The second kappa shape index (κ2) is 3.50. The first-order valence-corrected chi connectivity index (χ1v) is 4.97. The highest BCUT2D eigenvalue weighted by atomic mass is 79.9. The van der Waals surface area contributed by atoms with Crippen molar-refractivity contribution in [1.29, 1.82) is 0 Å². The maximum absolute atomic E-state index is 9.71. The van der Waals surface area contributed by atoms with Gasteiger partial charge in [0, 0.05) is 9.86 Å². The van der Waals surface area contributed by atoms with Gasteiger partial charge in [0.15, 0.2) is 0 Å². The quantitative estimate of drug-likeness (QED) is 0.844. The van der Waals surface area contributed by atoms with Crippen LogP contribution in [0.15, 0.2) is 34.8 Å². The third-order valence-electron chi connectivity index (χ3n) is 2.15. The standard InChI is InChI=1S/C11H9BrO2/c1-14-10-4-2-3-7-8(12)5-6-9(13)11(7)10/h2-6,13H,1H3. The Morgan fingerprint density at radius 1 is 1.21 bits per heavy atom. The van der Waals surface area contributed by atoms with Gasteiger partial charge in [-0.3, -0.25) is 0 Å². The van der Waals surface area contributed by atoms with Crippen molar-refractivity contribution in [2.24, 2.45) is 0 Å². The van der Waals surface area contributed by atoms with Gasteiger partial charge in [0.05, 0.1) is 12.5 Å². The zero-order valence-corrected chi connectivity index (χ0v) is 9.21. The van der Waals surface area contributed by atoms with E-state index in [1.54, 1.807) is 13.2 Å². The van der Waals surface area contributed by atoms with Gasteiger partial charge in [-0.05, 0) is 18.2 Å². The van der Waals surface area contributed by atoms with E-state index in [2.05, 4.69) is 15.9 Å². The van der Waals surface area contributed by atoms with Crippen LogP contribution in [0.1, 0.15) is 0 Å². The number of hydrogen-bond acceptors (Lipinski definition) is 2. The normalized spacial score (nSPS) is 10.4. The molecular formula is C11H9BrO2. The molecular weight excluding hydrogens is 244 g/mol. The highest BCUT2D eigenvalue weighted by Gasteiger charge is 2.07. The Balaban J connectivity index is 2.92. The van der Waals surface area contributed by atoms with E-state index in [0.29, 0.717) is 5.75 Å². The smallest absolute Gasteiger partial charge is 0.130 e. The maximum Gasteiger partial charge on any atom is 0.130 e. The molecule has 0 radical (unpaired) electrons. The number of halogens is 1. The summed E-state index contributed by atoms with van der Waals surface area (Å²) >= 11 is 3.43. The van der Waals surface area contributed by atoms with Gasteiger partial charge in [-0.15, -0.1) is 0 Å². The molecule has 0 unspecified atom stereocenters. The second-order valence-corrected chi connectivity index (χ2v) is 3.80. The van der Waals surface area contributed by atoms with Gasteiger partial charge in [-0.1, -0.05) is 28.1 Å². The summed E-state index contributed by atoms with van der Waals surface area (Å²) in [4.78, 5) is 0. The lowest BCUT2D eigenvalue weighted by Gasteiger charge is -2.07. The molecule has 0 bridgehead atoms. The minimum atomic E-state index is 0.237. The first kappa shape index (κ1) is 9.34. The van der Waals surface area contributed by atoms with Gasteiger partial charge in [0.25, 0.3) is 0 Å². The van der Waals surface area contributed by atoms with Crippen LogP contribution in [-0.2, 0) is 0 Å². The molecule has 1 N–H and O–H groups in total. The van der Waals surface area contributed by atoms with Crippen molar-refractivity contribution >= 4 is 26.7 Å². The van der Waals surface area contributed by atoms with E-state index >= 15 is 0 Å². The average molecular weight is 253 g/mol. The summed E-state index contributed by atoms with van der Waals surface area (Å²) in [6.45, 7) is 0. The first-order valence-electron chi connectivity index (χ1n) is 4.18. The van der Waals surface area contributed by atoms with Gasteiger partial charge in [-0.2, -0.15) is 0 Å². The number of rotatable bonds is 1. The number of hydrogen-bond donors (Lipinski definition) is 1. The number of benzene rings is 2. The van der Waals surface area contributed by atoms with Crippen LogP contribution in [0, 0.1) is 0 Å². The van der Waals surface area contributed by atoms with Crippen LogP contribution < -0.4 is 4.74 Å². The Labute approximate surface area is 90.3 Å². The fraction of sp³-hybridized carbons (Fsp3) is 0.0909. The lowest BCUT2D eigenvalue weighted by Crippen LogP contribution is -1.85. The van der Waals surface area contributed by atoms with Crippen LogP contribution in [0.3, 0.4) is 0 Å². The summed E-state index contributed by atoms with van der Waals surface area (Å²) < 4.78 is 6.13. The molecule has 0 fully saturated rings. The highest BCUT2D eigenvalue weighted by molar-refractivity contribution is 9.10. The molecule has 0 aromatic heterocycles. The van der Waals surface area contributed by atoms with E-state index in [-0.39, 0.29) is 5.75 Å². The molecule has 0 aliphatic heterocycles. The number of phenols is 1. The predicted octanol–water partition coefficient (Wildman–Crippen LogP) is 3.32. The van der Waals surface area contributed by atoms with Crippen molar-refractivity contribution in [3.8, 4) is 11.5 Å². The molecule has 0 amide bonds. The first-order chi connectivity index (χ1) is 6.74. The summed E-state index contributed by atoms with van der Waals surface area (Å²) in [6, 6.07) is 9.12. The van der Waals surface area contributed by atoms with Crippen molar-refractivity contribution in [3.05, 3.63) is 34.8 Å². The van der Waals surface area contributed by atoms with Crippen molar-refractivity contribution in [1.82, 2.24) is 0 Å². The number of phenolic OH excluding ortho intramolecular Hbond substituents is 1. The Hall–Kier alpha value is -1.22. The number of aromatic hydroxyl groups is 1. The second-order valence-electron chi connectivity index (χ2n) is 2.95. The molecule has 0 saturated carbocycles. The number of fused-ring (bicyclic) bond motifs is 1. The molecule has 2 aromatic rings. The zero-order chi connectivity index (χ0) is 10.1. The summed E-state index contributed by atoms with van der Waals surface area (Å²) in [5.41, 5.74) is 0. The van der Waals surface area contributed by atoms with Crippen LogP contribution in [0.5, 0.6) is 11.5 Å². The van der Waals surface area contributed by atoms with Crippen molar-refractivity contribution in [2.45, 2.75) is 0 Å². The molecule has 2 aromatic carbocycles. The molecule has 0 saturated heterocycles. The van der Waals surface area contributed by atoms with E-state index in [0.717, 1.165) is 15.2 Å². The summed E-state index contributed by atoms with van der Waals surface area (Å²) in [6.07, 6.45) is 0. The largest absolute Gasteiger partial charge is 0.507 e. The average Bonchev–Trinajstić information content (AvgIpc) is 2.23. The predicted molar refractivity (Wildman–Crippen MR) is 59.9 cm³/mol. The summed E-state index contributed by atoms with van der Waals surface area (Å²) in [5.74, 6) is 0.918. The van der Waals surface area contributed by atoms with Gasteiger partial charge in [-0.25, -0.2) is 0 Å². The SMILES string of the molecule is COc1cccc2c(Br)ccc(O)c12. The van der Waals surface area contributed by atoms with E-state index in [1.165, 1.54) is 0 Å². The third-order valence-corrected chi connectivity index (χ3v) is 2.84. The van der Waals surface area contributed by atoms with Gasteiger partial charge in [0.2, 0.25) is 0 Å². The Morgan fingerprint density at radius 3 is 2.71 bits per heavy atom. The Morgan fingerprint density at radius 2 is 2.00 bits per heavy atom. The zero-order valence-electron chi connectivity index (χ0n) is 7.62. The van der Waals surface area contributed by atoms with Gasteiger partial charge >= 0.3 is 0 Å². The topological polar surface area (TPSA) is 29.5 Å². The summed E-state index contributed by atoms with van der Waals surface area (Å²) in [7, 11) is 1.59. The molecule has 0 spiro atoms. The Bertz CT molecular complexity index is 480. The van der Waals surface area contributed by atoms with Gasteiger partial charge in [0.1, 0.15) is 11.5 Å². The summed E-state index contributed by atoms with van der Waals surface area (Å²) in [5, 5.41) is 11.4. The van der Waals surface area contributed by atoms with Crippen LogP contribution >= 0.6 is 15.9 Å². The minimum absolute atomic E-state index is 0.237. The molecule has 72 valence electrons. The minimum Gasteiger partial charge on any atom is -0.507 e. The molecule has 0 heterocycles. The number of ether oxygens (including phenoxy) is 1. The fourth-order valence-corrected chi connectivity index (χ4v) is 1.95. The molecule has 0 atom stereocenters. The fourth-order valence-electron chi connectivity index (χ4n) is 1.49. The van der Waals surface area contributed by atoms with E-state index in [1.807, 2.05) is 24.3 Å². The molecule has 2 nitrogen and oxygen atoms in total. The maximum atomic E-state index is 9.71. The molecule has 14 heavy (non-hydrogen) atoms. The van der Waals surface area contributed by atoms with Crippen molar-refractivity contribution < 1.29 is 9.84 Å². The number of methoxy groups -OCH3 is 1. The van der Waals surface area contributed by atoms with E-state index in [4.69, 9.17) is 4.74 Å². The molecule has 2 rings (SSSR count). The van der Waals surface area contributed by atoms with Crippen molar-refractivity contribution in [3.63, 3.8) is 0 Å². The van der Waals surface area contributed by atoms with E-state index in [9.17, 15) is 5.11 Å². The third kappa shape index (κ3) is 1.34. The molecule has 0 aliphatic rings. The van der Waals surface area contributed by atoms with E-state index < -0.39 is 0 Å². The van der Waals surface area contributed by atoms with Crippen LogP contribution in [-0.4, -0.2) is 12.2 Å².